The zero-order valence-corrected chi connectivity index (χ0v) is 7.64. The molecule has 0 saturated heterocycles. The van der Waals surface area contributed by atoms with Crippen molar-refractivity contribution in [3.05, 3.63) is 34.6 Å². The monoisotopic (exact) mass is 201 g/mol. The van der Waals surface area contributed by atoms with Crippen molar-refractivity contribution < 1.29 is 9.18 Å². The van der Waals surface area contributed by atoms with Gasteiger partial charge in [-0.15, -0.1) is 0 Å². The van der Waals surface area contributed by atoms with Gasteiger partial charge in [0.1, 0.15) is 5.82 Å². The first-order valence-corrected chi connectivity index (χ1v) is 4.17. The second-order valence-electron chi connectivity index (χ2n) is 2.67. The molecule has 2 nitrogen and oxygen atoms in total. The zero-order valence-electron chi connectivity index (χ0n) is 6.89. The van der Waals surface area contributed by atoms with E-state index in [0.717, 1.165) is 0 Å². The summed E-state index contributed by atoms with van der Waals surface area (Å²) in [5, 5.41) is 0.0592. The van der Waals surface area contributed by atoms with Crippen LogP contribution in [-0.2, 0) is 11.2 Å². The molecule has 0 aromatic heterocycles. The van der Waals surface area contributed by atoms with E-state index in [1.165, 1.54) is 12.1 Å². The van der Waals surface area contributed by atoms with Gasteiger partial charge in [0.25, 0.3) is 0 Å². The third kappa shape index (κ3) is 2.79. The van der Waals surface area contributed by atoms with Gasteiger partial charge in [-0.3, -0.25) is 4.79 Å². The van der Waals surface area contributed by atoms with E-state index in [2.05, 4.69) is 0 Å². The van der Waals surface area contributed by atoms with Crippen molar-refractivity contribution in [3.8, 4) is 0 Å². The zero-order chi connectivity index (χ0) is 9.84. The third-order valence-electron chi connectivity index (χ3n) is 1.61. The standard InChI is InChI=1S/C9H9ClFNO/c10-8-2-1-6(4-9(8)11)3-7(13)5-12/h1-2,4H,3,5,12H2. The normalized spacial score (nSPS) is 10.1. The van der Waals surface area contributed by atoms with E-state index in [0.29, 0.717) is 5.56 Å². The summed E-state index contributed by atoms with van der Waals surface area (Å²) < 4.78 is 12.9. The average molecular weight is 202 g/mol. The van der Waals surface area contributed by atoms with E-state index in [1.54, 1.807) is 6.07 Å². The van der Waals surface area contributed by atoms with Gasteiger partial charge >= 0.3 is 0 Å². The molecule has 1 aromatic rings. The Morgan fingerprint density at radius 3 is 2.77 bits per heavy atom. The molecule has 0 bridgehead atoms. The van der Waals surface area contributed by atoms with Crippen molar-refractivity contribution in [3.63, 3.8) is 0 Å². The Morgan fingerprint density at radius 1 is 1.54 bits per heavy atom. The molecule has 0 fully saturated rings. The van der Waals surface area contributed by atoms with Gasteiger partial charge in [0.2, 0.25) is 0 Å². The third-order valence-corrected chi connectivity index (χ3v) is 1.92. The number of ketones is 1. The molecule has 0 spiro atoms. The summed E-state index contributed by atoms with van der Waals surface area (Å²) >= 11 is 5.47. The second kappa shape index (κ2) is 4.35. The summed E-state index contributed by atoms with van der Waals surface area (Å²) in [5.74, 6) is -0.634. The Labute approximate surface area is 80.5 Å². The predicted molar refractivity (Wildman–Crippen MR) is 49.2 cm³/mol. The Bertz CT molecular complexity index is 327. The van der Waals surface area contributed by atoms with Crippen molar-refractivity contribution in [2.24, 2.45) is 5.73 Å². The number of benzene rings is 1. The molecule has 2 N–H and O–H groups in total. The van der Waals surface area contributed by atoms with E-state index in [-0.39, 0.29) is 23.8 Å². The highest BCUT2D eigenvalue weighted by Crippen LogP contribution is 2.15. The lowest BCUT2D eigenvalue weighted by atomic mass is 10.1. The molecule has 0 saturated carbocycles. The fourth-order valence-corrected chi connectivity index (χ4v) is 1.07. The van der Waals surface area contributed by atoms with Crippen LogP contribution in [0.25, 0.3) is 0 Å². The van der Waals surface area contributed by atoms with E-state index in [9.17, 15) is 9.18 Å². The predicted octanol–water partition coefficient (Wildman–Crippen LogP) is 1.55. The van der Waals surface area contributed by atoms with Gasteiger partial charge in [0.15, 0.2) is 5.78 Å². The molecule has 0 heterocycles. The van der Waals surface area contributed by atoms with Crippen LogP contribution in [-0.4, -0.2) is 12.3 Å². The summed E-state index contributed by atoms with van der Waals surface area (Å²) in [6.45, 7) is -0.0236. The fourth-order valence-electron chi connectivity index (χ4n) is 0.949. The number of halogens is 2. The Kier molecular flexibility index (Phi) is 3.39. The molecule has 0 aliphatic rings. The molecule has 0 aliphatic carbocycles. The lowest BCUT2D eigenvalue weighted by Crippen LogP contribution is -2.15. The summed E-state index contributed by atoms with van der Waals surface area (Å²) in [7, 11) is 0. The van der Waals surface area contributed by atoms with Crippen molar-refractivity contribution in [2.75, 3.05) is 6.54 Å². The van der Waals surface area contributed by atoms with Crippen molar-refractivity contribution in [2.45, 2.75) is 6.42 Å². The highest BCUT2D eigenvalue weighted by Gasteiger charge is 2.04. The highest BCUT2D eigenvalue weighted by atomic mass is 35.5. The van der Waals surface area contributed by atoms with Crippen LogP contribution in [0.5, 0.6) is 0 Å². The van der Waals surface area contributed by atoms with Crippen LogP contribution in [0.15, 0.2) is 18.2 Å². The molecule has 13 heavy (non-hydrogen) atoms. The minimum Gasteiger partial charge on any atom is -0.324 e. The Hall–Kier alpha value is -0.930. The number of nitrogens with two attached hydrogens (primary N) is 1. The van der Waals surface area contributed by atoms with Crippen LogP contribution in [0.2, 0.25) is 5.02 Å². The molecule has 70 valence electrons. The van der Waals surface area contributed by atoms with Gasteiger partial charge in [-0.2, -0.15) is 0 Å². The van der Waals surface area contributed by atoms with Crippen LogP contribution in [0, 0.1) is 5.82 Å². The van der Waals surface area contributed by atoms with E-state index < -0.39 is 5.82 Å². The van der Waals surface area contributed by atoms with Gasteiger partial charge in [0.05, 0.1) is 11.6 Å². The number of carbonyl (C=O) groups excluding carboxylic acids is 1. The van der Waals surface area contributed by atoms with Crippen LogP contribution in [0.4, 0.5) is 4.39 Å². The molecule has 0 atom stereocenters. The molecule has 1 aromatic carbocycles. The molecule has 1 rings (SSSR count). The summed E-state index contributed by atoms with van der Waals surface area (Å²) in [6.07, 6.45) is 0.157. The molecule has 0 aliphatic heterocycles. The number of hydrogen-bond acceptors (Lipinski definition) is 2. The van der Waals surface area contributed by atoms with Crippen molar-refractivity contribution in [1.29, 1.82) is 0 Å². The van der Waals surface area contributed by atoms with Crippen molar-refractivity contribution in [1.82, 2.24) is 0 Å². The average Bonchev–Trinajstić information content (AvgIpc) is 2.11. The molecular weight excluding hydrogens is 193 g/mol. The summed E-state index contributed by atoms with van der Waals surface area (Å²) in [4.78, 5) is 10.9. The fraction of sp³-hybridized carbons (Fsp3) is 0.222. The Morgan fingerprint density at radius 2 is 2.23 bits per heavy atom. The quantitative estimate of drug-likeness (QED) is 0.807. The molecular formula is C9H9ClFNO. The van der Waals surface area contributed by atoms with Crippen LogP contribution in [0.3, 0.4) is 0 Å². The van der Waals surface area contributed by atoms with E-state index in [4.69, 9.17) is 17.3 Å². The molecule has 0 unspecified atom stereocenters. The molecule has 0 amide bonds. The lowest BCUT2D eigenvalue weighted by Gasteiger charge is -2.00. The number of Topliss-reactive ketones (excluding diaryl/α,β-unsaturated/α-hetero) is 1. The first kappa shape index (κ1) is 10.2. The van der Waals surface area contributed by atoms with Gasteiger partial charge in [-0.05, 0) is 17.7 Å². The van der Waals surface area contributed by atoms with E-state index >= 15 is 0 Å². The van der Waals surface area contributed by atoms with Crippen molar-refractivity contribution >= 4 is 17.4 Å². The van der Waals surface area contributed by atoms with Crippen LogP contribution in [0.1, 0.15) is 5.56 Å². The van der Waals surface area contributed by atoms with Crippen LogP contribution < -0.4 is 5.73 Å². The van der Waals surface area contributed by atoms with Gasteiger partial charge in [-0.1, -0.05) is 17.7 Å². The maximum atomic E-state index is 12.9. The van der Waals surface area contributed by atoms with Gasteiger partial charge < -0.3 is 5.73 Å². The smallest absolute Gasteiger partial charge is 0.150 e. The molecule has 0 radical (unpaired) electrons. The van der Waals surface area contributed by atoms with Gasteiger partial charge in [-0.25, -0.2) is 4.39 Å². The number of hydrogen-bond donors (Lipinski definition) is 1. The Balaban J connectivity index is 2.79. The highest BCUT2D eigenvalue weighted by molar-refractivity contribution is 6.30. The minimum absolute atomic E-state index is 0.0236. The number of carbonyl (C=O) groups is 1. The van der Waals surface area contributed by atoms with Crippen LogP contribution >= 0.6 is 11.6 Å². The maximum absolute atomic E-state index is 12.9. The molecule has 4 heteroatoms. The largest absolute Gasteiger partial charge is 0.324 e. The first-order chi connectivity index (χ1) is 6.13. The summed E-state index contributed by atoms with van der Waals surface area (Å²) in [5.41, 5.74) is 5.71. The first-order valence-electron chi connectivity index (χ1n) is 3.79. The maximum Gasteiger partial charge on any atom is 0.150 e. The number of rotatable bonds is 3. The second-order valence-corrected chi connectivity index (χ2v) is 3.08. The summed E-state index contributed by atoms with van der Waals surface area (Å²) in [6, 6.07) is 4.28. The minimum atomic E-state index is -0.510. The van der Waals surface area contributed by atoms with E-state index in [1.807, 2.05) is 0 Å². The SMILES string of the molecule is NCC(=O)Cc1ccc(Cl)c(F)c1. The topological polar surface area (TPSA) is 43.1 Å². The lowest BCUT2D eigenvalue weighted by molar-refractivity contribution is -0.117. The van der Waals surface area contributed by atoms with Gasteiger partial charge in [0, 0.05) is 6.42 Å².